The van der Waals surface area contributed by atoms with Gasteiger partial charge in [0.15, 0.2) is 11.2 Å². The van der Waals surface area contributed by atoms with Crippen LogP contribution >= 0.6 is 11.6 Å². The molecule has 202 valence electrons. The fourth-order valence-electron chi connectivity index (χ4n) is 4.51. The Bertz CT molecular complexity index is 1560. The highest BCUT2D eigenvalue weighted by Crippen LogP contribution is 2.33. The molecule has 2 aromatic heterocycles. The Kier molecular flexibility index (Phi) is 7.98. The van der Waals surface area contributed by atoms with Gasteiger partial charge in [0.05, 0.1) is 0 Å². The van der Waals surface area contributed by atoms with E-state index in [0.29, 0.717) is 22.8 Å². The molecule has 1 unspecified atom stereocenters. The van der Waals surface area contributed by atoms with Gasteiger partial charge in [-0.3, -0.25) is 13.9 Å². The number of aliphatic hydroxyl groups excluding tert-OH is 1. The third-order valence-corrected chi connectivity index (χ3v) is 6.52. The molecule has 12 heteroatoms. The SMILES string of the molecule is CCC(c1cccc(OC(F)(F)F)c1)c1nc2c(c(=O)n(CCCO)c(=O)n2C)n1Cc1ccc(Cl)cc1. The number of ether oxygens (including phenoxy) is 1. The minimum Gasteiger partial charge on any atom is -0.406 e. The van der Waals surface area contributed by atoms with Gasteiger partial charge in [-0.25, -0.2) is 9.78 Å². The predicted octanol–water partition coefficient (Wildman–Crippen LogP) is 4.42. The van der Waals surface area contributed by atoms with E-state index in [9.17, 15) is 27.9 Å². The van der Waals surface area contributed by atoms with E-state index in [1.807, 2.05) is 6.92 Å². The Hall–Kier alpha value is -3.57. The van der Waals surface area contributed by atoms with Gasteiger partial charge in [-0.1, -0.05) is 42.8 Å². The molecule has 0 fully saturated rings. The number of aromatic nitrogens is 4. The number of hydrogen-bond donors (Lipinski definition) is 1. The van der Waals surface area contributed by atoms with E-state index in [-0.39, 0.29) is 43.0 Å². The van der Waals surface area contributed by atoms with Crippen LogP contribution in [-0.4, -0.2) is 36.8 Å². The van der Waals surface area contributed by atoms with Crippen LogP contribution in [0.3, 0.4) is 0 Å². The molecule has 0 aliphatic rings. The summed E-state index contributed by atoms with van der Waals surface area (Å²) in [6, 6.07) is 12.6. The van der Waals surface area contributed by atoms with Crippen molar-refractivity contribution in [3.8, 4) is 5.75 Å². The first-order valence-corrected chi connectivity index (χ1v) is 12.3. The Balaban J connectivity index is 1.96. The van der Waals surface area contributed by atoms with Crippen LogP contribution in [0.2, 0.25) is 5.02 Å². The molecule has 0 saturated carbocycles. The van der Waals surface area contributed by atoms with Crippen molar-refractivity contribution in [3.63, 3.8) is 0 Å². The summed E-state index contributed by atoms with van der Waals surface area (Å²) in [4.78, 5) is 31.3. The maximum absolute atomic E-state index is 13.6. The number of halogens is 4. The first kappa shape index (κ1) is 27.5. The summed E-state index contributed by atoms with van der Waals surface area (Å²) < 4.78 is 46.8. The lowest BCUT2D eigenvalue weighted by Gasteiger charge is -2.19. The zero-order valence-electron chi connectivity index (χ0n) is 20.7. The van der Waals surface area contributed by atoms with Crippen molar-refractivity contribution in [3.05, 3.63) is 91.3 Å². The van der Waals surface area contributed by atoms with Crippen LogP contribution in [0.15, 0.2) is 58.1 Å². The van der Waals surface area contributed by atoms with Gasteiger partial charge < -0.3 is 14.4 Å². The quantitative estimate of drug-likeness (QED) is 0.333. The second-order valence-corrected chi connectivity index (χ2v) is 9.25. The second-order valence-electron chi connectivity index (χ2n) is 8.81. The van der Waals surface area contributed by atoms with E-state index in [2.05, 4.69) is 4.74 Å². The molecule has 0 bridgehead atoms. The van der Waals surface area contributed by atoms with Gasteiger partial charge in [0.1, 0.15) is 11.6 Å². The molecule has 0 amide bonds. The van der Waals surface area contributed by atoms with Crippen LogP contribution < -0.4 is 16.0 Å². The molecule has 38 heavy (non-hydrogen) atoms. The molecule has 1 N–H and O–H groups in total. The lowest BCUT2D eigenvalue weighted by atomic mass is 9.95. The summed E-state index contributed by atoms with van der Waals surface area (Å²) in [5.41, 5.74) is 0.503. The van der Waals surface area contributed by atoms with Gasteiger partial charge in [0.2, 0.25) is 0 Å². The van der Waals surface area contributed by atoms with Gasteiger partial charge >= 0.3 is 12.1 Å². The van der Waals surface area contributed by atoms with E-state index in [1.54, 1.807) is 34.9 Å². The smallest absolute Gasteiger partial charge is 0.406 e. The monoisotopic (exact) mass is 550 g/mol. The fraction of sp³-hybridized carbons (Fsp3) is 0.346. The highest BCUT2D eigenvalue weighted by atomic mass is 35.5. The van der Waals surface area contributed by atoms with Crippen molar-refractivity contribution in [2.45, 2.75) is 45.1 Å². The van der Waals surface area contributed by atoms with Crippen molar-refractivity contribution in [2.75, 3.05) is 6.61 Å². The second kappa shape index (κ2) is 11.0. The van der Waals surface area contributed by atoms with Crippen LogP contribution in [0.1, 0.15) is 42.6 Å². The predicted molar refractivity (Wildman–Crippen MR) is 137 cm³/mol. The molecule has 0 aliphatic heterocycles. The number of aryl methyl sites for hydroxylation is 1. The molecular weight excluding hydrogens is 525 g/mol. The van der Waals surface area contributed by atoms with E-state index >= 15 is 0 Å². The fourth-order valence-corrected chi connectivity index (χ4v) is 4.63. The average Bonchev–Trinajstić information content (AvgIpc) is 3.23. The lowest BCUT2D eigenvalue weighted by molar-refractivity contribution is -0.274. The minimum absolute atomic E-state index is 0.0213. The van der Waals surface area contributed by atoms with Gasteiger partial charge in [-0.2, -0.15) is 0 Å². The van der Waals surface area contributed by atoms with Crippen molar-refractivity contribution in [1.82, 2.24) is 18.7 Å². The van der Waals surface area contributed by atoms with Crippen LogP contribution in [0, 0.1) is 0 Å². The maximum atomic E-state index is 13.6. The standard InChI is InChI=1S/C26H26ClF3N4O4/c1-3-20(17-6-4-7-19(14-17)38-26(28,29)30)22-31-23-21(34(22)15-16-8-10-18(27)11-9-16)24(36)33(12-5-13-35)25(37)32(23)2/h4,6-11,14,20,35H,3,5,12-13,15H2,1-2H3. The number of benzene rings is 2. The van der Waals surface area contributed by atoms with E-state index in [4.69, 9.17) is 16.6 Å². The van der Waals surface area contributed by atoms with Crippen molar-refractivity contribution in [2.24, 2.45) is 7.05 Å². The van der Waals surface area contributed by atoms with E-state index < -0.39 is 23.5 Å². The van der Waals surface area contributed by atoms with Gasteiger partial charge in [-0.15, -0.1) is 13.2 Å². The molecule has 0 aliphatic carbocycles. The number of imidazole rings is 1. The molecular formula is C26H26ClF3N4O4. The maximum Gasteiger partial charge on any atom is 0.573 e. The summed E-state index contributed by atoms with van der Waals surface area (Å²) in [7, 11) is 1.50. The molecule has 4 rings (SSSR count). The number of rotatable bonds is 9. The topological polar surface area (TPSA) is 91.3 Å². The zero-order chi connectivity index (χ0) is 27.6. The molecule has 0 spiro atoms. The van der Waals surface area contributed by atoms with Gasteiger partial charge in [-0.05, 0) is 48.2 Å². The van der Waals surface area contributed by atoms with Crippen LogP contribution in [0.5, 0.6) is 5.75 Å². The minimum atomic E-state index is -4.85. The number of nitrogens with zero attached hydrogens (tertiary/aromatic N) is 4. The number of aliphatic hydroxyl groups is 1. The van der Waals surface area contributed by atoms with Gasteiger partial charge in [0.25, 0.3) is 5.56 Å². The number of hydrogen-bond acceptors (Lipinski definition) is 5. The van der Waals surface area contributed by atoms with Crippen LogP contribution in [-0.2, 0) is 20.1 Å². The Morgan fingerprint density at radius 2 is 1.82 bits per heavy atom. The van der Waals surface area contributed by atoms with Crippen LogP contribution in [0.25, 0.3) is 11.2 Å². The summed E-state index contributed by atoms with van der Waals surface area (Å²) in [5, 5.41) is 9.79. The summed E-state index contributed by atoms with van der Waals surface area (Å²) in [6.07, 6.45) is -4.20. The summed E-state index contributed by atoms with van der Waals surface area (Å²) >= 11 is 6.04. The number of fused-ring (bicyclic) bond motifs is 1. The van der Waals surface area contributed by atoms with E-state index in [0.717, 1.165) is 10.1 Å². The van der Waals surface area contributed by atoms with Gasteiger partial charge in [0, 0.05) is 37.7 Å². The summed E-state index contributed by atoms with van der Waals surface area (Å²) in [5.74, 6) is -0.479. The molecule has 0 radical (unpaired) electrons. The van der Waals surface area contributed by atoms with E-state index in [1.165, 1.54) is 29.8 Å². The third-order valence-electron chi connectivity index (χ3n) is 6.27. The number of alkyl halides is 3. The Morgan fingerprint density at radius 3 is 2.45 bits per heavy atom. The third kappa shape index (κ3) is 5.63. The average molecular weight is 551 g/mol. The normalized spacial score (nSPS) is 12.7. The lowest BCUT2D eigenvalue weighted by Crippen LogP contribution is -2.40. The highest BCUT2D eigenvalue weighted by molar-refractivity contribution is 6.30. The van der Waals surface area contributed by atoms with Crippen LogP contribution in [0.4, 0.5) is 13.2 Å². The Morgan fingerprint density at radius 1 is 1.11 bits per heavy atom. The van der Waals surface area contributed by atoms with Crippen molar-refractivity contribution in [1.29, 1.82) is 0 Å². The first-order chi connectivity index (χ1) is 18.0. The molecule has 1 atom stereocenters. The molecule has 0 saturated heterocycles. The first-order valence-electron chi connectivity index (χ1n) is 11.9. The molecule has 2 heterocycles. The molecule has 4 aromatic rings. The molecule has 8 nitrogen and oxygen atoms in total. The zero-order valence-corrected chi connectivity index (χ0v) is 21.5. The molecule has 2 aromatic carbocycles. The largest absolute Gasteiger partial charge is 0.573 e. The summed E-state index contributed by atoms with van der Waals surface area (Å²) in [6.45, 7) is 1.88. The highest BCUT2D eigenvalue weighted by Gasteiger charge is 2.32. The van der Waals surface area contributed by atoms with Crippen molar-refractivity contribution < 1.29 is 23.0 Å². The Labute approximate surface area is 220 Å². The van der Waals surface area contributed by atoms with Crippen molar-refractivity contribution >= 4 is 22.8 Å².